The minimum Gasteiger partial charge on any atom is -0.324 e. The van der Waals surface area contributed by atoms with Gasteiger partial charge in [0.2, 0.25) is 0 Å². The molecule has 1 aliphatic carbocycles. The largest absolute Gasteiger partial charge is 0.324 e. The van der Waals surface area contributed by atoms with E-state index < -0.39 is 0 Å². The second kappa shape index (κ2) is 4.53. The smallest absolute Gasteiger partial charge is 0.146 e. The summed E-state index contributed by atoms with van der Waals surface area (Å²) in [6, 6.07) is 0. The molecule has 1 aromatic rings. The zero-order chi connectivity index (χ0) is 11.7. The number of nitrogens with two attached hydrogens (primary N) is 1. The maximum Gasteiger partial charge on any atom is 0.146 e. The van der Waals surface area contributed by atoms with Gasteiger partial charge in [-0.3, -0.25) is 0 Å². The second-order valence-corrected chi connectivity index (χ2v) is 5.31. The van der Waals surface area contributed by atoms with Gasteiger partial charge in [0.15, 0.2) is 0 Å². The van der Waals surface area contributed by atoms with Crippen LogP contribution in [0, 0.1) is 11.8 Å². The predicted molar refractivity (Wildman–Crippen MR) is 63.9 cm³/mol. The molecule has 1 unspecified atom stereocenters. The van der Waals surface area contributed by atoms with E-state index in [1.165, 1.54) is 12.8 Å². The van der Waals surface area contributed by atoms with Gasteiger partial charge in [-0.2, -0.15) is 0 Å². The van der Waals surface area contributed by atoms with Crippen molar-refractivity contribution in [3.63, 3.8) is 0 Å². The Morgan fingerprint density at radius 2 is 2.00 bits per heavy atom. The topological polar surface area (TPSA) is 56.7 Å². The Bertz CT molecular complexity index is 352. The van der Waals surface area contributed by atoms with Crippen LogP contribution in [-0.4, -0.2) is 14.8 Å². The molecule has 0 aliphatic heterocycles. The molecule has 2 N–H and O–H groups in total. The first-order chi connectivity index (χ1) is 7.63. The van der Waals surface area contributed by atoms with Crippen molar-refractivity contribution in [1.29, 1.82) is 0 Å². The maximum atomic E-state index is 5.71. The van der Waals surface area contributed by atoms with Gasteiger partial charge in [0.05, 0.1) is 6.54 Å². The van der Waals surface area contributed by atoms with E-state index in [-0.39, 0.29) is 0 Å². The van der Waals surface area contributed by atoms with Crippen LogP contribution in [0.1, 0.15) is 51.2 Å². The molecule has 90 valence electrons. The average Bonchev–Trinajstić information content (AvgIpc) is 3.00. The summed E-state index contributed by atoms with van der Waals surface area (Å²) >= 11 is 0. The lowest BCUT2D eigenvalue weighted by Gasteiger charge is -2.15. The third kappa shape index (κ3) is 2.26. The highest BCUT2D eigenvalue weighted by Crippen LogP contribution is 2.41. The minimum atomic E-state index is 0.483. The van der Waals surface area contributed by atoms with Gasteiger partial charge in [0.1, 0.15) is 11.6 Å². The summed E-state index contributed by atoms with van der Waals surface area (Å²) in [6.07, 6.45) is 2.68. The van der Waals surface area contributed by atoms with Crippen LogP contribution >= 0.6 is 0 Å². The fourth-order valence-corrected chi connectivity index (χ4v) is 2.21. The Morgan fingerprint density at radius 1 is 1.31 bits per heavy atom. The van der Waals surface area contributed by atoms with Gasteiger partial charge in [-0.25, -0.2) is 0 Å². The molecule has 0 bridgehead atoms. The number of hydrogen-bond donors (Lipinski definition) is 1. The Hall–Kier alpha value is -0.900. The standard InChI is InChI=1S/C12H22N4/c1-8(2)7-16-11(6-13)14-15-12(16)9(3)10-4-5-10/h8-10H,4-7,13H2,1-3H3. The molecule has 1 saturated carbocycles. The van der Waals surface area contributed by atoms with Crippen molar-refractivity contribution in [3.05, 3.63) is 11.6 Å². The number of aromatic nitrogens is 3. The molecule has 1 heterocycles. The summed E-state index contributed by atoms with van der Waals surface area (Å²) in [5.41, 5.74) is 5.71. The van der Waals surface area contributed by atoms with E-state index in [1.54, 1.807) is 0 Å². The SMILES string of the molecule is CC(C)Cn1c(CN)nnc1C(C)C1CC1. The Labute approximate surface area is 97.2 Å². The van der Waals surface area contributed by atoms with E-state index in [1.807, 2.05) is 0 Å². The average molecular weight is 222 g/mol. The Kier molecular flexibility index (Phi) is 3.28. The lowest BCUT2D eigenvalue weighted by Crippen LogP contribution is -2.16. The lowest BCUT2D eigenvalue weighted by molar-refractivity contribution is 0.469. The van der Waals surface area contributed by atoms with Crippen LogP contribution in [-0.2, 0) is 13.1 Å². The van der Waals surface area contributed by atoms with Crippen LogP contribution in [0.2, 0.25) is 0 Å². The van der Waals surface area contributed by atoms with Gasteiger partial charge < -0.3 is 10.3 Å². The summed E-state index contributed by atoms with van der Waals surface area (Å²) in [5.74, 6) is 4.02. The maximum absolute atomic E-state index is 5.71. The van der Waals surface area contributed by atoms with Gasteiger partial charge in [-0.15, -0.1) is 10.2 Å². The zero-order valence-electron chi connectivity index (χ0n) is 10.5. The zero-order valence-corrected chi connectivity index (χ0v) is 10.5. The third-order valence-electron chi connectivity index (χ3n) is 3.32. The molecular formula is C12H22N4. The molecule has 16 heavy (non-hydrogen) atoms. The Balaban J connectivity index is 2.24. The molecule has 0 aromatic carbocycles. The monoisotopic (exact) mass is 222 g/mol. The van der Waals surface area contributed by atoms with Crippen molar-refractivity contribution in [2.75, 3.05) is 0 Å². The minimum absolute atomic E-state index is 0.483. The molecule has 1 fully saturated rings. The van der Waals surface area contributed by atoms with Crippen LogP contribution in [0.4, 0.5) is 0 Å². The van der Waals surface area contributed by atoms with Crippen molar-refractivity contribution in [2.24, 2.45) is 17.6 Å². The fraction of sp³-hybridized carbons (Fsp3) is 0.833. The molecule has 0 spiro atoms. The van der Waals surface area contributed by atoms with E-state index in [9.17, 15) is 0 Å². The number of hydrogen-bond acceptors (Lipinski definition) is 3. The first-order valence-electron chi connectivity index (χ1n) is 6.25. The quantitative estimate of drug-likeness (QED) is 0.828. The molecule has 2 rings (SSSR count). The van der Waals surface area contributed by atoms with Crippen molar-refractivity contribution in [1.82, 2.24) is 14.8 Å². The van der Waals surface area contributed by atoms with E-state index >= 15 is 0 Å². The van der Waals surface area contributed by atoms with Crippen molar-refractivity contribution in [2.45, 2.75) is 52.6 Å². The van der Waals surface area contributed by atoms with E-state index in [0.29, 0.717) is 18.4 Å². The number of rotatable bonds is 5. The third-order valence-corrected chi connectivity index (χ3v) is 3.32. The molecule has 4 nitrogen and oxygen atoms in total. The van der Waals surface area contributed by atoms with Crippen LogP contribution in [0.15, 0.2) is 0 Å². The van der Waals surface area contributed by atoms with Gasteiger partial charge in [0, 0.05) is 12.5 Å². The molecule has 0 saturated heterocycles. The molecule has 1 aliphatic rings. The van der Waals surface area contributed by atoms with Crippen molar-refractivity contribution >= 4 is 0 Å². The molecule has 1 atom stereocenters. The molecule has 4 heteroatoms. The van der Waals surface area contributed by atoms with Crippen LogP contribution in [0.3, 0.4) is 0 Å². The fourth-order valence-electron chi connectivity index (χ4n) is 2.21. The molecule has 0 amide bonds. The highest BCUT2D eigenvalue weighted by Gasteiger charge is 2.32. The highest BCUT2D eigenvalue weighted by molar-refractivity contribution is 5.05. The van der Waals surface area contributed by atoms with Gasteiger partial charge >= 0.3 is 0 Å². The molecular weight excluding hydrogens is 200 g/mol. The van der Waals surface area contributed by atoms with Gasteiger partial charge in [-0.05, 0) is 24.7 Å². The summed E-state index contributed by atoms with van der Waals surface area (Å²) in [7, 11) is 0. The molecule has 1 aromatic heterocycles. The van der Waals surface area contributed by atoms with Crippen LogP contribution in [0.25, 0.3) is 0 Å². The number of nitrogens with zero attached hydrogens (tertiary/aromatic N) is 3. The van der Waals surface area contributed by atoms with Crippen molar-refractivity contribution < 1.29 is 0 Å². The molecule has 0 radical (unpaired) electrons. The predicted octanol–water partition coefficient (Wildman–Crippen LogP) is 1.91. The van der Waals surface area contributed by atoms with Gasteiger partial charge in [0.25, 0.3) is 0 Å². The van der Waals surface area contributed by atoms with Crippen LogP contribution < -0.4 is 5.73 Å². The summed E-state index contributed by atoms with van der Waals surface area (Å²) in [4.78, 5) is 0. The van der Waals surface area contributed by atoms with Gasteiger partial charge in [-0.1, -0.05) is 20.8 Å². The summed E-state index contributed by atoms with van der Waals surface area (Å²) in [5, 5.41) is 8.54. The van der Waals surface area contributed by atoms with E-state index in [2.05, 4.69) is 35.5 Å². The Morgan fingerprint density at radius 3 is 2.50 bits per heavy atom. The highest BCUT2D eigenvalue weighted by atomic mass is 15.3. The summed E-state index contributed by atoms with van der Waals surface area (Å²) in [6.45, 7) is 8.15. The normalized spacial score (nSPS) is 18.1. The van der Waals surface area contributed by atoms with E-state index in [4.69, 9.17) is 5.73 Å². The van der Waals surface area contributed by atoms with Crippen LogP contribution in [0.5, 0.6) is 0 Å². The first kappa shape index (κ1) is 11.6. The summed E-state index contributed by atoms with van der Waals surface area (Å²) < 4.78 is 2.23. The van der Waals surface area contributed by atoms with E-state index in [0.717, 1.165) is 24.1 Å². The first-order valence-corrected chi connectivity index (χ1v) is 6.25. The second-order valence-electron chi connectivity index (χ2n) is 5.31. The van der Waals surface area contributed by atoms with Crippen molar-refractivity contribution in [3.8, 4) is 0 Å². The lowest BCUT2D eigenvalue weighted by atomic mass is 10.1.